The summed E-state index contributed by atoms with van der Waals surface area (Å²) in [7, 11) is 0. The van der Waals surface area contributed by atoms with Gasteiger partial charge in [-0.1, -0.05) is 6.07 Å². The molecule has 1 aromatic rings. The molecular formula is C16H21N3O4. The first-order chi connectivity index (χ1) is 11.2. The molecule has 1 fully saturated rings. The Hall–Kier alpha value is -2.44. The van der Waals surface area contributed by atoms with E-state index in [1.54, 1.807) is 0 Å². The number of hydrogen-bond acceptors (Lipinski definition) is 4. The molecule has 0 radical (unpaired) electrons. The molecule has 3 amide bonds. The molecule has 23 heavy (non-hydrogen) atoms. The summed E-state index contributed by atoms with van der Waals surface area (Å²) in [5, 5.41) is 8.31. The third kappa shape index (κ3) is 4.06. The van der Waals surface area contributed by atoms with E-state index in [1.165, 1.54) is 0 Å². The van der Waals surface area contributed by atoms with E-state index in [-0.39, 0.29) is 18.7 Å². The van der Waals surface area contributed by atoms with Gasteiger partial charge in [-0.15, -0.1) is 0 Å². The van der Waals surface area contributed by atoms with E-state index in [9.17, 15) is 9.59 Å². The zero-order valence-electron chi connectivity index (χ0n) is 12.9. The van der Waals surface area contributed by atoms with Crippen molar-refractivity contribution in [2.45, 2.75) is 31.7 Å². The first-order valence-corrected chi connectivity index (χ1v) is 7.93. The van der Waals surface area contributed by atoms with Crippen molar-refractivity contribution in [2.24, 2.45) is 0 Å². The molecule has 7 nitrogen and oxygen atoms in total. The van der Waals surface area contributed by atoms with Gasteiger partial charge in [-0.05, 0) is 43.4 Å². The van der Waals surface area contributed by atoms with Gasteiger partial charge in [0.2, 0.25) is 12.7 Å². The number of carbonyl (C=O) groups excluding carboxylic acids is 2. The van der Waals surface area contributed by atoms with Gasteiger partial charge in [0.15, 0.2) is 11.5 Å². The smallest absolute Gasteiger partial charge is 0.315 e. The standard InChI is InChI=1S/C16H21N3O4/c20-15-12(3-1-2-7-17-15)19-16(21)18-8-6-11-4-5-13-14(9-11)23-10-22-13/h4-5,9,12H,1-3,6-8,10H2,(H,17,20)(H2,18,19,21)/t12-/m0/s1. The number of amides is 3. The largest absolute Gasteiger partial charge is 0.454 e. The molecule has 2 aliphatic heterocycles. The average Bonchev–Trinajstić information content (AvgIpc) is 2.92. The number of carbonyl (C=O) groups is 2. The highest BCUT2D eigenvalue weighted by atomic mass is 16.7. The Morgan fingerprint density at radius 3 is 3.04 bits per heavy atom. The topological polar surface area (TPSA) is 88.7 Å². The van der Waals surface area contributed by atoms with Crippen molar-refractivity contribution < 1.29 is 19.1 Å². The van der Waals surface area contributed by atoms with Crippen molar-refractivity contribution >= 4 is 11.9 Å². The van der Waals surface area contributed by atoms with Crippen molar-refractivity contribution in [1.82, 2.24) is 16.0 Å². The molecule has 0 aromatic heterocycles. The summed E-state index contributed by atoms with van der Waals surface area (Å²) < 4.78 is 10.6. The predicted octanol–water partition coefficient (Wildman–Crippen LogP) is 0.926. The Labute approximate surface area is 134 Å². The van der Waals surface area contributed by atoms with E-state index >= 15 is 0 Å². The summed E-state index contributed by atoms with van der Waals surface area (Å²) in [6.45, 7) is 1.42. The molecule has 3 rings (SSSR count). The maximum Gasteiger partial charge on any atom is 0.315 e. The van der Waals surface area contributed by atoms with Crippen LogP contribution in [0, 0.1) is 0 Å². The predicted molar refractivity (Wildman–Crippen MR) is 83.5 cm³/mol. The van der Waals surface area contributed by atoms with Crippen LogP contribution in [-0.2, 0) is 11.2 Å². The first-order valence-electron chi connectivity index (χ1n) is 7.93. The molecule has 1 saturated heterocycles. The number of rotatable bonds is 4. The van der Waals surface area contributed by atoms with Gasteiger partial charge in [0.1, 0.15) is 6.04 Å². The summed E-state index contributed by atoms with van der Waals surface area (Å²) in [4.78, 5) is 23.7. The van der Waals surface area contributed by atoms with Crippen LogP contribution >= 0.6 is 0 Å². The highest BCUT2D eigenvalue weighted by molar-refractivity contribution is 5.87. The minimum atomic E-state index is -0.442. The summed E-state index contributed by atoms with van der Waals surface area (Å²) in [6, 6.07) is 4.98. The number of fused-ring (bicyclic) bond motifs is 1. The Morgan fingerprint density at radius 2 is 2.13 bits per heavy atom. The fraction of sp³-hybridized carbons (Fsp3) is 0.500. The van der Waals surface area contributed by atoms with Crippen LogP contribution < -0.4 is 25.4 Å². The lowest BCUT2D eigenvalue weighted by molar-refractivity contribution is -0.122. The van der Waals surface area contributed by atoms with E-state index in [2.05, 4.69) is 16.0 Å². The molecular weight excluding hydrogens is 298 g/mol. The van der Waals surface area contributed by atoms with Crippen LogP contribution in [0.25, 0.3) is 0 Å². The highest BCUT2D eigenvalue weighted by Gasteiger charge is 2.22. The third-order valence-electron chi connectivity index (χ3n) is 3.98. The van der Waals surface area contributed by atoms with Gasteiger partial charge in [0.25, 0.3) is 0 Å². The molecule has 1 atom stereocenters. The van der Waals surface area contributed by atoms with E-state index in [0.29, 0.717) is 25.9 Å². The molecule has 124 valence electrons. The van der Waals surface area contributed by atoms with Gasteiger partial charge in [-0.2, -0.15) is 0 Å². The molecule has 2 heterocycles. The molecule has 0 unspecified atom stereocenters. The molecule has 2 aliphatic rings. The zero-order valence-corrected chi connectivity index (χ0v) is 12.9. The summed E-state index contributed by atoms with van der Waals surface area (Å²) in [5.74, 6) is 1.38. The second-order valence-corrected chi connectivity index (χ2v) is 5.68. The fourth-order valence-electron chi connectivity index (χ4n) is 2.70. The number of urea groups is 1. The quantitative estimate of drug-likeness (QED) is 0.770. The van der Waals surface area contributed by atoms with Crippen LogP contribution in [0.5, 0.6) is 11.5 Å². The van der Waals surface area contributed by atoms with Gasteiger partial charge in [0, 0.05) is 13.1 Å². The maximum absolute atomic E-state index is 11.9. The number of hydrogen-bond donors (Lipinski definition) is 3. The van der Waals surface area contributed by atoms with Gasteiger partial charge in [-0.25, -0.2) is 4.79 Å². The summed E-state index contributed by atoms with van der Waals surface area (Å²) in [6.07, 6.45) is 3.25. The van der Waals surface area contributed by atoms with E-state index < -0.39 is 6.04 Å². The third-order valence-corrected chi connectivity index (χ3v) is 3.98. The minimum absolute atomic E-state index is 0.103. The second kappa shape index (κ2) is 7.21. The van der Waals surface area contributed by atoms with Gasteiger partial charge in [-0.3, -0.25) is 4.79 Å². The fourth-order valence-corrected chi connectivity index (χ4v) is 2.70. The van der Waals surface area contributed by atoms with Crippen LogP contribution in [0.4, 0.5) is 4.79 Å². The summed E-state index contributed by atoms with van der Waals surface area (Å²) in [5.41, 5.74) is 1.06. The molecule has 0 saturated carbocycles. The first kappa shape index (κ1) is 15.5. The average molecular weight is 319 g/mol. The van der Waals surface area contributed by atoms with Crippen molar-refractivity contribution in [3.05, 3.63) is 23.8 Å². The van der Waals surface area contributed by atoms with Gasteiger partial charge in [0.05, 0.1) is 0 Å². The summed E-state index contributed by atoms with van der Waals surface area (Å²) >= 11 is 0. The van der Waals surface area contributed by atoms with E-state index in [1.807, 2.05) is 18.2 Å². The maximum atomic E-state index is 11.9. The monoisotopic (exact) mass is 319 g/mol. The van der Waals surface area contributed by atoms with Crippen LogP contribution in [-0.4, -0.2) is 37.9 Å². The minimum Gasteiger partial charge on any atom is -0.454 e. The molecule has 3 N–H and O–H groups in total. The van der Waals surface area contributed by atoms with E-state index in [4.69, 9.17) is 9.47 Å². The van der Waals surface area contributed by atoms with Crippen molar-refractivity contribution in [1.29, 1.82) is 0 Å². The van der Waals surface area contributed by atoms with E-state index in [0.717, 1.165) is 29.9 Å². The second-order valence-electron chi connectivity index (χ2n) is 5.68. The lowest BCUT2D eigenvalue weighted by Gasteiger charge is -2.15. The van der Waals surface area contributed by atoms with Crippen LogP contribution in [0.3, 0.4) is 0 Å². The molecule has 1 aromatic carbocycles. The van der Waals surface area contributed by atoms with Crippen LogP contribution in [0.2, 0.25) is 0 Å². The van der Waals surface area contributed by atoms with Crippen molar-refractivity contribution in [3.63, 3.8) is 0 Å². The number of nitrogens with one attached hydrogen (secondary N) is 3. The van der Waals surface area contributed by atoms with Crippen molar-refractivity contribution in [3.8, 4) is 11.5 Å². The zero-order chi connectivity index (χ0) is 16.1. The van der Waals surface area contributed by atoms with Crippen LogP contribution in [0.15, 0.2) is 18.2 Å². The Kier molecular flexibility index (Phi) is 4.85. The normalized spacial score (nSPS) is 19.7. The lowest BCUT2D eigenvalue weighted by atomic mass is 10.1. The van der Waals surface area contributed by atoms with Gasteiger partial charge < -0.3 is 25.4 Å². The lowest BCUT2D eigenvalue weighted by Crippen LogP contribution is -2.49. The Morgan fingerprint density at radius 1 is 1.26 bits per heavy atom. The molecule has 7 heteroatoms. The highest BCUT2D eigenvalue weighted by Crippen LogP contribution is 2.32. The van der Waals surface area contributed by atoms with Gasteiger partial charge >= 0.3 is 6.03 Å². The molecule has 0 bridgehead atoms. The number of ether oxygens (including phenoxy) is 2. The van der Waals surface area contributed by atoms with Crippen LogP contribution in [0.1, 0.15) is 24.8 Å². The Balaban J connectivity index is 1.43. The molecule has 0 spiro atoms. The van der Waals surface area contributed by atoms with Crippen molar-refractivity contribution in [2.75, 3.05) is 19.9 Å². The molecule has 0 aliphatic carbocycles. The Bertz CT molecular complexity index is 591. The SMILES string of the molecule is O=C(NCCc1ccc2c(c1)OCO2)N[C@H]1CCCCNC1=O. The number of benzene rings is 1.